The molecule has 2 atom stereocenters. The molecule has 1 fully saturated rings. The maximum Gasteiger partial charge on any atom is 0.308 e. The number of hydrogen-bond donors (Lipinski definition) is 1. The molecule has 1 aliphatic rings. The first-order chi connectivity index (χ1) is 8.41. The molecule has 0 aromatic heterocycles. The highest BCUT2D eigenvalue weighted by atomic mass is 16.4. The predicted octanol–water partition coefficient (Wildman–Crippen LogP) is 2.52. The fourth-order valence-electron chi connectivity index (χ4n) is 2.50. The Hall–Kier alpha value is -1.35. The van der Waals surface area contributed by atoms with Crippen molar-refractivity contribution in [1.82, 2.24) is 4.90 Å². The molecule has 1 aromatic carbocycles. The van der Waals surface area contributed by atoms with E-state index in [1.807, 2.05) is 7.05 Å². The van der Waals surface area contributed by atoms with Gasteiger partial charge in [0.15, 0.2) is 0 Å². The van der Waals surface area contributed by atoms with E-state index < -0.39 is 5.97 Å². The van der Waals surface area contributed by atoms with Gasteiger partial charge >= 0.3 is 5.97 Å². The van der Waals surface area contributed by atoms with Crippen molar-refractivity contribution < 1.29 is 9.90 Å². The van der Waals surface area contributed by atoms with Crippen LogP contribution in [-0.4, -0.2) is 29.1 Å². The number of aryl methyl sites for hydroxylation is 1. The molecule has 0 radical (unpaired) electrons. The molecular formula is C15H21NO2. The Kier molecular flexibility index (Phi) is 3.44. The van der Waals surface area contributed by atoms with Crippen LogP contribution in [-0.2, 0) is 11.3 Å². The summed E-state index contributed by atoms with van der Waals surface area (Å²) in [4.78, 5) is 13.0. The van der Waals surface area contributed by atoms with E-state index in [-0.39, 0.29) is 12.0 Å². The standard InChI is InChI=1S/C15H21NO2/c1-9-5-6-12(11(3)10(9)2)8-16(4)14-7-13(14)15(17)18/h5-6,13-14H,7-8H2,1-4H3,(H,17,18). The van der Waals surface area contributed by atoms with Gasteiger partial charge in [-0.1, -0.05) is 12.1 Å². The van der Waals surface area contributed by atoms with E-state index in [2.05, 4.69) is 37.8 Å². The van der Waals surface area contributed by atoms with Gasteiger partial charge in [-0.05, 0) is 56.5 Å². The molecule has 0 amide bonds. The number of carbonyl (C=O) groups is 1. The third kappa shape index (κ3) is 2.41. The molecule has 0 aliphatic heterocycles. The zero-order chi connectivity index (χ0) is 13.4. The average Bonchev–Trinajstić information content (AvgIpc) is 3.10. The molecule has 1 aromatic rings. The van der Waals surface area contributed by atoms with Gasteiger partial charge in [-0.15, -0.1) is 0 Å². The highest BCUT2D eigenvalue weighted by molar-refractivity contribution is 5.74. The SMILES string of the molecule is Cc1ccc(CN(C)C2CC2C(=O)O)c(C)c1C. The Labute approximate surface area is 108 Å². The Bertz CT molecular complexity index is 482. The molecule has 0 saturated heterocycles. The van der Waals surface area contributed by atoms with Gasteiger partial charge in [0.05, 0.1) is 5.92 Å². The zero-order valence-electron chi connectivity index (χ0n) is 11.5. The fraction of sp³-hybridized carbons (Fsp3) is 0.533. The molecule has 0 bridgehead atoms. The lowest BCUT2D eigenvalue weighted by atomic mass is 9.98. The normalized spacial score (nSPS) is 22.3. The minimum atomic E-state index is -0.663. The summed E-state index contributed by atoms with van der Waals surface area (Å²) in [6, 6.07) is 4.52. The van der Waals surface area contributed by atoms with Gasteiger partial charge in [0, 0.05) is 12.6 Å². The number of nitrogens with zero attached hydrogens (tertiary/aromatic N) is 1. The van der Waals surface area contributed by atoms with E-state index >= 15 is 0 Å². The van der Waals surface area contributed by atoms with Crippen LogP contribution in [0, 0.1) is 26.7 Å². The quantitative estimate of drug-likeness (QED) is 0.888. The second kappa shape index (κ2) is 4.73. The van der Waals surface area contributed by atoms with Crippen LogP contribution in [0.15, 0.2) is 12.1 Å². The van der Waals surface area contributed by atoms with Gasteiger partial charge in [0.25, 0.3) is 0 Å². The van der Waals surface area contributed by atoms with Gasteiger partial charge in [0.1, 0.15) is 0 Å². The highest BCUT2D eigenvalue weighted by Gasteiger charge is 2.45. The summed E-state index contributed by atoms with van der Waals surface area (Å²) >= 11 is 0. The molecule has 1 saturated carbocycles. The zero-order valence-corrected chi connectivity index (χ0v) is 11.5. The van der Waals surface area contributed by atoms with Crippen LogP contribution in [0.4, 0.5) is 0 Å². The minimum absolute atomic E-state index is 0.165. The average molecular weight is 247 g/mol. The molecule has 2 unspecified atom stereocenters. The first kappa shape index (κ1) is 13.1. The summed E-state index contributed by atoms with van der Waals surface area (Å²) in [6.07, 6.45) is 0.787. The topological polar surface area (TPSA) is 40.5 Å². The molecule has 0 heterocycles. The number of carboxylic acids is 1. The Balaban J connectivity index is 2.07. The third-order valence-electron chi connectivity index (χ3n) is 4.23. The molecule has 18 heavy (non-hydrogen) atoms. The number of benzene rings is 1. The molecule has 0 spiro atoms. The number of rotatable bonds is 4. The lowest BCUT2D eigenvalue weighted by molar-refractivity contribution is -0.138. The van der Waals surface area contributed by atoms with E-state index in [0.717, 1.165) is 13.0 Å². The van der Waals surface area contributed by atoms with Crippen molar-refractivity contribution in [1.29, 1.82) is 0 Å². The first-order valence-corrected chi connectivity index (χ1v) is 6.40. The third-order valence-corrected chi connectivity index (χ3v) is 4.23. The van der Waals surface area contributed by atoms with Crippen molar-refractivity contribution in [2.24, 2.45) is 5.92 Å². The summed E-state index contributed by atoms with van der Waals surface area (Å²) in [6.45, 7) is 7.25. The Morgan fingerprint density at radius 2 is 2.00 bits per heavy atom. The predicted molar refractivity (Wildman–Crippen MR) is 71.7 cm³/mol. The van der Waals surface area contributed by atoms with Gasteiger partial charge in [-0.3, -0.25) is 9.69 Å². The van der Waals surface area contributed by atoms with Crippen molar-refractivity contribution in [3.05, 3.63) is 34.4 Å². The summed E-state index contributed by atoms with van der Waals surface area (Å²) in [5.74, 6) is -0.828. The monoisotopic (exact) mass is 247 g/mol. The lowest BCUT2D eigenvalue weighted by Gasteiger charge is -2.19. The van der Waals surface area contributed by atoms with E-state index in [9.17, 15) is 4.79 Å². The van der Waals surface area contributed by atoms with Crippen LogP contribution in [0.1, 0.15) is 28.7 Å². The van der Waals surface area contributed by atoms with Crippen molar-refractivity contribution in [2.45, 2.75) is 39.8 Å². The van der Waals surface area contributed by atoms with Crippen molar-refractivity contribution in [2.75, 3.05) is 7.05 Å². The number of aliphatic carboxylic acids is 1. The minimum Gasteiger partial charge on any atom is -0.481 e. The second-order valence-corrected chi connectivity index (χ2v) is 5.45. The maximum absolute atomic E-state index is 10.9. The second-order valence-electron chi connectivity index (χ2n) is 5.45. The number of hydrogen-bond acceptors (Lipinski definition) is 2. The van der Waals surface area contributed by atoms with E-state index in [1.54, 1.807) is 0 Å². The van der Waals surface area contributed by atoms with Gasteiger partial charge in [0.2, 0.25) is 0 Å². The molecule has 3 heteroatoms. The first-order valence-electron chi connectivity index (χ1n) is 6.40. The molecular weight excluding hydrogens is 226 g/mol. The Morgan fingerprint density at radius 1 is 1.33 bits per heavy atom. The van der Waals surface area contributed by atoms with Crippen LogP contribution in [0.3, 0.4) is 0 Å². The van der Waals surface area contributed by atoms with Gasteiger partial charge in [-0.2, -0.15) is 0 Å². The van der Waals surface area contributed by atoms with Crippen molar-refractivity contribution >= 4 is 5.97 Å². The number of carboxylic acid groups (broad SMARTS) is 1. The molecule has 3 nitrogen and oxygen atoms in total. The van der Waals surface area contributed by atoms with E-state index in [1.165, 1.54) is 22.3 Å². The smallest absolute Gasteiger partial charge is 0.308 e. The highest BCUT2D eigenvalue weighted by Crippen LogP contribution is 2.36. The van der Waals surface area contributed by atoms with Crippen LogP contribution in [0.25, 0.3) is 0 Å². The van der Waals surface area contributed by atoms with Gasteiger partial charge < -0.3 is 5.11 Å². The summed E-state index contributed by atoms with van der Waals surface area (Å²) in [7, 11) is 2.02. The van der Waals surface area contributed by atoms with Gasteiger partial charge in [-0.25, -0.2) is 0 Å². The van der Waals surface area contributed by atoms with Crippen LogP contribution in [0.5, 0.6) is 0 Å². The largest absolute Gasteiger partial charge is 0.481 e. The van der Waals surface area contributed by atoms with Crippen LogP contribution < -0.4 is 0 Å². The summed E-state index contributed by atoms with van der Waals surface area (Å²) in [5.41, 5.74) is 5.28. The Morgan fingerprint density at radius 3 is 2.56 bits per heavy atom. The molecule has 1 N–H and O–H groups in total. The van der Waals surface area contributed by atoms with Crippen molar-refractivity contribution in [3.63, 3.8) is 0 Å². The summed E-state index contributed by atoms with van der Waals surface area (Å²) < 4.78 is 0. The maximum atomic E-state index is 10.9. The van der Waals surface area contributed by atoms with Crippen LogP contribution in [0.2, 0.25) is 0 Å². The fourth-order valence-corrected chi connectivity index (χ4v) is 2.50. The van der Waals surface area contributed by atoms with Crippen LogP contribution >= 0.6 is 0 Å². The van der Waals surface area contributed by atoms with E-state index in [4.69, 9.17) is 5.11 Å². The lowest BCUT2D eigenvalue weighted by Crippen LogP contribution is -2.24. The molecule has 98 valence electrons. The van der Waals surface area contributed by atoms with E-state index in [0.29, 0.717) is 0 Å². The van der Waals surface area contributed by atoms with Crippen molar-refractivity contribution in [3.8, 4) is 0 Å². The molecule has 1 aliphatic carbocycles. The molecule has 2 rings (SSSR count). The summed E-state index contributed by atoms with van der Waals surface area (Å²) in [5, 5.41) is 8.95.